The van der Waals surface area contributed by atoms with E-state index in [4.69, 9.17) is 0 Å². The fourth-order valence-corrected chi connectivity index (χ4v) is 2.80. The van der Waals surface area contributed by atoms with Crippen molar-refractivity contribution < 1.29 is 19.3 Å². The van der Waals surface area contributed by atoms with Crippen LogP contribution in [0.3, 0.4) is 0 Å². The van der Waals surface area contributed by atoms with Gasteiger partial charge in [-0.15, -0.1) is 0 Å². The second-order valence-electron chi connectivity index (χ2n) is 6.60. The lowest BCUT2D eigenvalue weighted by Gasteiger charge is -2.31. The van der Waals surface area contributed by atoms with Crippen LogP contribution in [-0.2, 0) is 14.4 Å². The predicted molar refractivity (Wildman–Crippen MR) is 95.3 cm³/mol. The highest BCUT2D eigenvalue weighted by Gasteiger charge is 2.25. The number of piperazine rings is 1. The first kappa shape index (κ1) is 18.9. The first-order valence-corrected chi connectivity index (χ1v) is 8.54. The molecule has 1 aliphatic rings. The van der Waals surface area contributed by atoms with Crippen molar-refractivity contribution in [3.05, 3.63) is 29.8 Å². The molecule has 0 aromatic heterocycles. The molecule has 1 saturated heterocycles. The number of hydrogen-bond donors (Lipinski definition) is 2. The highest BCUT2D eigenvalue weighted by molar-refractivity contribution is 5.94. The Hall–Kier alpha value is -2.41. The van der Waals surface area contributed by atoms with Crippen LogP contribution in [0.1, 0.15) is 12.5 Å². The van der Waals surface area contributed by atoms with E-state index in [1.165, 1.54) is 4.90 Å². The Kier molecular flexibility index (Phi) is 6.52. The number of nitrogens with zero attached hydrogens (tertiary/aromatic N) is 2. The summed E-state index contributed by atoms with van der Waals surface area (Å²) in [7, 11) is 1.64. The van der Waals surface area contributed by atoms with Gasteiger partial charge in [-0.1, -0.05) is 17.7 Å². The first-order valence-electron chi connectivity index (χ1n) is 8.54. The van der Waals surface area contributed by atoms with Crippen molar-refractivity contribution in [3.8, 4) is 0 Å². The maximum absolute atomic E-state index is 12.3. The van der Waals surface area contributed by atoms with Gasteiger partial charge in [0.25, 0.3) is 5.91 Å². The minimum Gasteiger partial charge on any atom is -0.332 e. The summed E-state index contributed by atoms with van der Waals surface area (Å²) < 4.78 is 0. The molecule has 0 atom stereocenters. The Balaban J connectivity index is 1.75. The van der Waals surface area contributed by atoms with E-state index in [1.54, 1.807) is 18.9 Å². The van der Waals surface area contributed by atoms with E-state index in [-0.39, 0.29) is 24.3 Å². The molecule has 0 saturated carbocycles. The average molecular weight is 347 g/mol. The number of benzene rings is 1. The standard InChI is InChI=1S/C18H26N4O3/c1-14-4-6-16(7-5-14)19-17(24)12-20(3)18(25)13-21-8-10-22(11-9-21)15(2)23/h4-7H,8-13H2,1-3H3,(H,19,24)/p+1. The van der Waals surface area contributed by atoms with Crippen molar-refractivity contribution in [3.63, 3.8) is 0 Å². The van der Waals surface area contributed by atoms with E-state index in [2.05, 4.69) is 5.32 Å². The van der Waals surface area contributed by atoms with E-state index in [9.17, 15) is 14.4 Å². The van der Waals surface area contributed by atoms with E-state index < -0.39 is 0 Å². The highest BCUT2D eigenvalue weighted by Crippen LogP contribution is 2.08. The number of likely N-dealkylation sites (N-methyl/N-ethyl adjacent to an activating group) is 1. The summed E-state index contributed by atoms with van der Waals surface area (Å²) >= 11 is 0. The summed E-state index contributed by atoms with van der Waals surface area (Å²) in [5.41, 5.74) is 1.85. The van der Waals surface area contributed by atoms with Crippen LogP contribution in [0.25, 0.3) is 0 Å². The van der Waals surface area contributed by atoms with Crippen LogP contribution in [0.4, 0.5) is 5.69 Å². The van der Waals surface area contributed by atoms with Gasteiger partial charge < -0.3 is 20.0 Å². The van der Waals surface area contributed by atoms with Gasteiger partial charge in [0.05, 0.1) is 32.7 Å². The predicted octanol–water partition coefficient (Wildman–Crippen LogP) is -0.861. The Morgan fingerprint density at radius 2 is 1.76 bits per heavy atom. The van der Waals surface area contributed by atoms with Gasteiger partial charge in [-0.25, -0.2) is 0 Å². The Morgan fingerprint density at radius 3 is 2.32 bits per heavy atom. The van der Waals surface area contributed by atoms with Crippen molar-refractivity contribution in [2.45, 2.75) is 13.8 Å². The number of carbonyl (C=O) groups is 3. The summed E-state index contributed by atoms with van der Waals surface area (Å²) in [6.07, 6.45) is 0. The van der Waals surface area contributed by atoms with Gasteiger partial charge in [0.2, 0.25) is 11.8 Å². The topological polar surface area (TPSA) is 74.2 Å². The van der Waals surface area contributed by atoms with Crippen LogP contribution in [0.5, 0.6) is 0 Å². The zero-order valence-corrected chi connectivity index (χ0v) is 15.2. The second kappa shape index (κ2) is 8.62. The third-order valence-electron chi connectivity index (χ3n) is 4.46. The van der Waals surface area contributed by atoms with Gasteiger partial charge in [0, 0.05) is 19.7 Å². The largest absolute Gasteiger partial charge is 0.332 e. The Bertz CT molecular complexity index is 622. The van der Waals surface area contributed by atoms with Crippen molar-refractivity contribution >= 4 is 23.4 Å². The molecule has 1 fully saturated rings. The molecule has 0 spiro atoms. The fraction of sp³-hybridized carbons (Fsp3) is 0.500. The molecule has 1 aromatic rings. The van der Waals surface area contributed by atoms with Crippen LogP contribution in [0.2, 0.25) is 0 Å². The molecule has 0 unspecified atom stereocenters. The lowest BCUT2D eigenvalue weighted by molar-refractivity contribution is -0.896. The molecule has 7 nitrogen and oxygen atoms in total. The molecule has 136 valence electrons. The molecule has 3 amide bonds. The lowest BCUT2D eigenvalue weighted by atomic mass is 10.2. The molecular weight excluding hydrogens is 320 g/mol. The normalized spacial score (nSPS) is 14.9. The number of rotatable bonds is 5. The summed E-state index contributed by atoms with van der Waals surface area (Å²) in [5, 5.41) is 2.79. The van der Waals surface area contributed by atoms with Crippen LogP contribution in [0, 0.1) is 6.92 Å². The second-order valence-corrected chi connectivity index (χ2v) is 6.60. The first-order chi connectivity index (χ1) is 11.8. The maximum Gasteiger partial charge on any atom is 0.277 e. The number of anilines is 1. The van der Waals surface area contributed by atoms with Crippen molar-refractivity contribution in [1.29, 1.82) is 0 Å². The van der Waals surface area contributed by atoms with Crippen LogP contribution >= 0.6 is 0 Å². The fourth-order valence-electron chi connectivity index (χ4n) is 2.80. The van der Waals surface area contributed by atoms with Crippen LogP contribution in [0.15, 0.2) is 24.3 Å². The summed E-state index contributed by atoms with van der Waals surface area (Å²) in [6.45, 7) is 6.79. The summed E-state index contributed by atoms with van der Waals surface area (Å²) in [6, 6.07) is 7.53. The molecule has 7 heteroatoms. The number of aryl methyl sites for hydroxylation is 1. The van der Waals surface area contributed by atoms with E-state index >= 15 is 0 Å². The Labute approximate surface area is 148 Å². The smallest absolute Gasteiger partial charge is 0.277 e. The molecule has 0 bridgehead atoms. The van der Waals surface area contributed by atoms with Crippen molar-refractivity contribution in [2.24, 2.45) is 0 Å². The number of carbonyl (C=O) groups excluding carboxylic acids is 3. The zero-order chi connectivity index (χ0) is 18.4. The van der Waals surface area contributed by atoms with E-state index in [0.717, 1.165) is 29.2 Å². The molecule has 2 rings (SSSR count). The van der Waals surface area contributed by atoms with Gasteiger partial charge in [-0.2, -0.15) is 0 Å². The molecule has 0 radical (unpaired) electrons. The van der Waals surface area contributed by atoms with E-state index in [1.807, 2.05) is 31.2 Å². The van der Waals surface area contributed by atoms with Crippen molar-refractivity contribution in [1.82, 2.24) is 9.80 Å². The van der Waals surface area contributed by atoms with Gasteiger partial charge in [0.1, 0.15) is 0 Å². The molecular formula is C18H27N4O3+. The monoisotopic (exact) mass is 347 g/mol. The zero-order valence-electron chi connectivity index (χ0n) is 15.2. The lowest BCUT2D eigenvalue weighted by Crippen LogP contribution is -3.15. The van der Waals surface area contributed by atoms with Crippen molar-refractivity contribution in [2.75, 3.05) is 51.6 Å². The van der Waals surface area contributed by atoms with E-state index in [0.29, 0.717) is 19.6 Å². The minimum absolute atomic E-state index is 0.0273. The van der Waals surface area contributed by atoms with Crippen LogP contribution in [-0.4, -0.2) is 73.8 Å². The third kappa shape index (κ3) is 5.86. The number of nitrogens with one attached hydrogen (secondary N) is 2. The minimum atomic E-state index is -0.212. The molecule has 1 heterocycles. The number of hydrogen-bond acceptors (Lipinski definition) is 3. The SMILES string of the molecule is CC(=O)N1CC[NH+](CC(=O)N(C)CC(=O)Nc2ccc(C)cc2)CC1. The number of amides is 3. The quantitative estimate of drug-likeness (QED) is 0.728. The summed E-state index contributed by atoms with van der Waals surface area (Å²) in [5.74, 6) is -0.197. The molecule has 1 aromatic carbocycles. The molecule has 25 heavy (non-hydrogen) atoms. The number of quaternary nitrogens is 1. The molecule has 0 aliphatic carbocycles. The molecule has 2 N–H and O–H groups in total. The Morgan fingerprint density at radius 1 is 1.16 bits per heavy atom. The van der Waals surface area contributed by atoms with Gasteiger partial charge >= 0.3 is 0 Å². The van der Waals surface area contributed by atoms with Crippen LogP contribution < -0.4 is 10.2 Å². The highest BCUT2D eigenvalue weighted by atomic mass is 16.2. The van der Waals surface area contributed by atoms with Gasteiger partial charge in [0.15, 0.2) is 6.54 Å². The van der Waals surface area contributed by atoms with Gasteiger partial charge in [-0.05, 0) is 19.1 Å². The average Bonchev–Trinajstić information content (AvgIpc) is 2.57. The van der Waals surface area contributed by atoms with Gasteiger partial charge in [-0.3, -0.25) is 14.4 Å². The molecule has 1 aliphatic heterocycles. The summed E-state index contributed by atoms with van der Waals surface area (Å²) in [4.78, 5) is 40.1. The maximum atomic E-state index is 12.3. The third-order valence-corrected chi connectivity index (χ3v) is 4.46.